The Labute approximate surface area is 199 Å². The van der Waals surface area contributed by atoms with Crippen LogP contribution in [-0.2, 0) is 9.59 Å². The number of aliphatic imine (C=N–C) groups is 1. The quantitative estimate of drug-likeness (QED) is 0.315. The molecule has 1 heterocycles. The van der Waals surface area contributed by atoms with Crippen molar-refractivity contribution in [1.29, 1.82) is 0 Å². The van der Waals surface area contributed by atoms with Crippen molar-refractivity contribution >= 4 is 23.3 Å². The van der Waals surface area contributed by atoms with E-state index < -0.39 is 5.91 Å². The maximum atomic E-state index is 12.3. The molecule has 8 heteroatoms. The lowest BCUT2D eigenvalue weighted by molar-refractivity contribution is -0.125. The number of ether oxygens (including phenoxy) is 1. The number of carbonyl (C=O) groups excluding carboxylic acids is 2. The van der Waals surface area contributed by atoms with Crippen molar-refractivity contribution in [1.82, 2.24) is 4.90 Å². The monoisotopic (exact) mass is 461 g/mol. The van der Waals surface area contributed by atoms with E-state index in [0.717, 1.165) is 0 Å². The molecular formula is C26H31N5O3. The molecule has 1 atom stereocenters. The van der Waals surface area contributed by atoms with Gasteiger partial charge in [0.2, 0.25) is 5.91 Å². The van der Waals surface area contributed by atoms with Crippen LogP contribution in [0.4, 0.5) is 0 Å². The molecule has 0 saturated carbocycles. The molecule has 0 spiro atoms. The van der Waals surface area contributed by atoms with Crippen LogP contribution in [0.3, 0.4) is 0 Å². The predicted octanol–water partition coefficient (Wildman–Crippen LogP) is 2.80. The molecule has 6 N–H and O–H groups in total. The van der Waals surface area contributed by atoms with Gasteiger partial charge in [-0.05, 0) is 60.4 Å². The Kier molecular flexibility index (Phi) is 8.08. The number of likely N-dealkylation sites (tertiary alicyclic amines) is 1. The minimum atomic E-state index is -0.769. The van der Waals surface area contributed by atoms with Crippen LogP contribution >= 0.6 is 0 Å². The summed E-state index contributed by atoms with van der Waals surface area (Å²) < 4.78 is 5.78. The van der Waals surface area contributed by atoms with Gasteiger partial charge in [-0.25, -0.2) is 0 Å². The summed E-state index contributed by atoms with van der Waals surface area (Å²) in [6.07, 6.45) is 4.08. The van der Waals surface area contributed by atoms with E-state index in [9.17, 15) is 9.59 Å². The highest BCUT2D eigenvalue weighted by Gasteiger charge is 2.26. The van der Waals surface area contributed by atoms with E-state index in [-0.39, 0.29) is 29.1 Å². The smallest absolute Gasteiger partial charge is 0.254 e. The van der Waals surface area contributed by atoms with Gasteiger partial charge in [-0.1, -0.05) is 38.1 Å². The first kappa shape index (κ1) is 24.6. The van der Waals surface area contributed by atoms with Crippen LogP contribution in [0.25, 0.3) is 5.70 Å². The Balaban J connectivity index is 1.75. The van der Waals surface area contributed by atoms with Crippen LogP contribution in [0.5, 0.6) is 11.5 Å². The maximum Gasteiger partial charge on any atom is 0.254 e. The molecule has 1 aliphatic rings. The van der Waals surface area contributed by atoms with E-state index in [1.165, 1.54) is 0 Å². The Bertz CT molecular complexity index is 1110. The molecule has 3 rings (SSSR count). The van der Waals surface area contributed by atoms with Gasteiger partial charge in [0.15, 0.2) is 0 Å². The lowest BCUT2D eigenvalue weighted by Gasteiger charge is -2.14. The predicted molar refractivity (Wildman–Crippen MR) is 134 cm³/mol. The average Bonchev–Trinajstić information content (AvgIpc) is 3.27. The minimum absolute atomic E-state index is 0.0355. The average molecular weight is 462 g/mol. The molecule has 1 aliphatic heterocycles. The number of nitrogens with two attached hydrogens (primary N) is 3. The highest BCUT2D eigenvalue weighted by molar-refractivity contribution is 6.24. The molecule has 1 fully saturated rings. The molecule has 0 bridgehead atoms. The van der Waals surface area contributed by atoms with Crippen molar-refractivity contribution in [3.63, 3.8) is 0 Å². The molecule has 0 aromatic heterocycles. The lowest BCUT2D eigenvalue weighted by Crippen LogP contribution is -2.32. The van der Waals surface area contributed by atoms with Crippen LogP contribution in [0.15, 0.2) is 77.3 Å². The highest BCUT2D eigenvalue weighted by atomic mass is 16.5. The fraction of sp³-hybridized carbons (Fsp3) is 0.269. The highest BCUT2D eigenvalue weighted by Crippen LogP contribution is 2.24. The molecule has 1 saturated heterocycles. The van der Waals surface area contributed by atoms with Crippen molar-refractivity contribution in [3.8, 4) is 11.5 Å². The van der Waals surface area contributed by atoms with Crippen molar-refractivity contribution in [2.45, 2.75) is 26.3 Å². The zero-order valence-corrected chi connectivity index (χ0v) is 19.5. The van der Waals surface area contributed by atoms with E-state index >= 15 is 0 Å². The summed E-state index contributed by atoms with van der Waals surface area (Å²) in [6.45, 7) is 5.00. The molecule has 178 valence electrons. The third kappa shape index (κ3) is 6.48. The molecule has 0 radical (unpaired) electrons. The third-order valence-corrected chi connectivity index (χ3v) is 5.34. The summed E-state index contributed by atoms with van der Waals surface area (Å²) in [5.74, 6) is 0.749. The standard InChI is InChI=1S/C26H31N5O3/c1-17(2)8-13-22(32)31-15-14-19(16-31)30-25(28)23(26(29)33)24(27)18-9-11-21(12-10-18)34-20-6-4-3-5-7-20/h3-13,17,19H,14-16,27H2,1-2H3,(H2,28,30)(H2,29,33)/b13-8+,24-23?. The first-order valence-electron chi connectivity index (χ1n) is 11.2. The number of para-hydroxylation sites is 1. The fourth-order valence-corrected chi connectivity index (χ4v) is 3.56. The Morgan fingerprint density at radius 3 is 2.29 bits per heavy atom. The second-order valence-electron chi connectivity index (χ2n) is 8.44. The number of carbonyl (C=O) groups is 2. The van der Waals surface area contributed by atoms with E-state index in [4.69, 9.17) is 21.9 Å². The molecule has 8 nitrogen and oxygen atoms in total. The van der Waals surface area contributed by atoms with E-state index in [0.29, 0.717) is 42.5 Å². The minimum Gasteiger partial charge on any atom is -0.457 e. The molecule has 2 aromatic carbocycles. The van der Waals surface area contributed by atoms with Gasteiger partial charge >= 0.3 is 0 Å². The van der Waals surface area contributed by atoms with Gasteiger partial charge in [0, 0.05) is 13.1 Å². The Hall–Kier alpha value is -4.07. The van der Waals surface area contributed by atoms with Crippen molar-refractivity contribution in [3.05, 3.63) is 77.9 Å². The van der Waals surface area contributed by atoms with Crippen LogP contribution < -0.4 is 21.9 Å². The first-order valence-corrected chi connectivity index (χ1v) is 11.2. The molecule has 34 heavy (non-hydrogen) atoms. The molecule has 2 aromatic rings. The molecule has 0 aliphatic carbocycles. The van der Waals surface area contributed by atoms with Gasteiger partial charge in [0.1, 0.15) is 22.9 Å². The number of primary amides is 1. The maximum absolute atomic E-state index is 12.3. The molecule has 2 amide bonds. The first-order chi connectivity index (χ1) is 16.2. The van der Waals surface area contributed by atoms with Crippen LogP contribution in [0.2, 0.25) is 0 Å². The largest absolute Gasteiger partial charge is 0.457 e. The van der Waals surface area contributed by atoms with Crippen molar-refractivity contribution in [2.75, 3.05) is 13.1 Å². The van der Waals surface area contributed by atoms with Crippen LogP contribution in [0, 0.1) is 5.92 Å². The second-order valence-corrected chi connectivity index (χ2v) is 8.44. The molecule has 1 unspecified atom stereocenters. The summed E-state index contributed by atoms with van der Waals surface area (Å²) >= 11 is 0. The summed E-state index contributed by atoms with van der Waals surface area (Å²) in [5.41, 5.74) is 18.7. The normalized spacial score (nSPS) is 17.2. The van der Waals surface area contributed by atoms with Gasteiger partial charge in [0.05, 0.1) is 11.7 Å². The van der Waals surface area contributed by atoms with Crippen molar-refractivity contribution in [2.24, 2.45) is 28.1 Å². The van der Waals surface area contributed by atoms with Crippen LogP contribution in [-0.4, -0.2) is 41.7 Å². The van der Waals surface area contributed by atoms with Gasteiger partial charge in [-0.15, -0.1) is 0 Å². The van der Waals surface area contributed by atoms with Gasteiger partial charge in [-0.2, -0.15) is 0 Å². The lowest BCUT2D eigenvalue weighted by atomic mass is 10.0. The summed E-state index contributed by atoms with van der Waals surface area (Å²) in [6, 6.07) is 16.1. The number of amidine groups is 1. The summed E-state index contributed by atoms with van der Waals surface area (Å²) in [5, 5.41) is 0. The number of hydrogen-bond acceptors (Lipinski definition) is 5. The zero-order valence-electron chi connectivity index (χ0n) is 19.5. The summed E-state index contributed by atoms with van der Waals surface area (Å²) in [4.78, 5) is 30.7. The van der Waals surface area contributed by atoms with Gasteiger partial charge in [0.25, 0.3) is 5.91 Å². The van der Waals surface area contributed by atoms with Crippen LogP contribution in [0.1, 0.15) is 25.8 Å². The van der Waals surface area contributed by atoms with Crippen molar-refractivity contribution < 1.29 is 14.3 Å². The number of benzene rings is 2. The van der Waals surface area contributed by atoms with Gasteiger partial charge < -0.3 is 26.8 Å². The van der Waals surface area contributed by atoms with Gasteiger partial charge in [-0.3, -0.25) is 14.6 Å². The Morgan fingerprint density at radius 1 is 1.03 bits per heavy atom. The number of rotatable bonds is 8. The van der Waals surface area contributed by atoms with E-state index in [2.05, 4.69) is 4.99 Å². The Morgan fingerprint density at radius 2 is 1.68 bits per heavy atom. The number of allylic oxidation sites excluding steroid dienone is 1. The summed E-state index contributed by atoms with van der Waals surface area (Å²) in [7, 11) is 0. The number of amides is 2. The molecular weight excluding hydrogens is 430 g/mol. The van der Waals surface area contributed by atoms with E-state index in [1.54, 1.807) is 35.2 Å². The topological polar surface area (TPSA) is 137 Å². The van der Waals surface area contributed by atoms with E-state index in [1.807, 2.05) is 50.3 Å². The second kappa shape index (κ2) is 11.2. The zero-order chi connectivity index (χ0) is 24.7. The fourth-order valence-electron chi connectivity index (χ4n) is 3.56. The SMILES string of the molecule is CC(C)/C=C/C(=O)N1CCC(N=C(N)C(C(N)=O)=C(N)c2ccc(Oc3ccccc3)cc2)C1. The number of hydrogen-bond donors (Lipinski definition) is 3. The number of nitrogens with zero attached hydrogens (tertiary/aromatic N) is 2. The third-order valence-electron chi connectivity index (χ3n) is 5.34.